The van der Waals surface area contributed by atoms with E-state index in [1.165, 1.54) is 31.4 Å². The first kappa shape index (κ1) is 18.1. The predicted octanol–water partition coefficient (Wildman–Crippen LogP) is 3.95. The summed E-state index contributed by atoms with van der Waals surface area (Å²) >= 11 is 0. The highest BCUT2D eigenvalue weighted by Gasteiger charge is 2.44. The number of halogens is 3. The van der Waals surface area contributed by atoms with Crippen molar-refractivity contribution in [2.24, 2.45) is 0 Å². The van der Waals surface area contributed by atoms with Gasteiger partial charge in [0.25, 0.3) is 0 Å². The highest BCUT2D eigenvalue weighted by atomic mass is 19.4. The van der Waals surface area contributed by atoms with Crippen LogP contribution in [0.15, 0.2) is 48.5 Å². The van der Waals surface area contributed by atoms with Crippen LogP contribution in [0.3, 0.4) is 0 Å². The Morgan fingerprint density at radius 2 is 1.76 bits per heavy atom. The molecule has 0 radical (unpaired) electrons. The first-order valence-electron chi connectivity index (χ1n) is 6.88. The van der Waals surface area contributed by atoms with Crippen LogP contribution < -0.4 is 15.0 Å². The van der Waals surface area contributed by atoms with Gasteiger partial charge < -0.3 is 15.2 Å². The second kappa shape index (κ2) is 7.12. The fourth-order valence-electron chi connectivity index (χ4n) is 2.07. The second-order valence-electron chi connectivity index (χ2n) is 4.79. The molecule has 2 N–H and O–H groups in total. The Kier molecular flexibility index (Phi) is 5.16. The molecule has 0 fully saturated rings. The lowest BCUT2D eigenvalue weighted by molar-refractivity contribution is -0.120. The number of ether oxygens (including phenoxy) is 1. The molecular formula is C16H13F3N2O4. The van der Waals surface area contributed by atoms with Gasteiger partial charge in [0.1, 0.15) is 5.75 Å². The maximum Gasteiger partial charge on any atom is 0.493 e. The number of para-hydroxylation sites is 1. The van der Waals surface area contributed by atoms with Gasteiger partial charge in [-0.2, -0.15) is 0 Å². The molecule has 0 saturated carbocycles. The number of benzene rings is 2. The number of rotatable bonds is 4. The smallest absolute Gasteiger partial charge is 0.493 e. The maximum absolute atomic E-state index is 13.4. The summed E-state index contributed by atoms with van der Waals surface area (Å²) in [6, 6.07) is 8.86. The van der Waals surface area contributed by atoms with Crippen molar-refractivity contribution in [2.45, 2.75) is 6.30 Å². The molecule has 6 nitrogen and oxygen atoms in total. The van der Waals surface area contributed by atoms with E-state index in [4.69, 9.17) is 4.74 Å². The minimum Gasteiger partial charge on any atom is -0.497 e. The number of alkyl halides is 3. The molecule has 0 aromatic heterocycles. The molecule has 0 saturated heterocycles. The molecule has 2 aromatic rings. The summed E-state index contributed by atoms with van der Waals surface area (Å²) in [6.07, 6.45) is -5.14. The van der Waals surface area contributed by atoms with Crippen molar-refractivity contribution in [1.29, 1.82) is 0 Å². The zero-order chi connectivity index (χ0) is 18.6. The van der Waals surface area contributed by atoms with Crippen molar-refractivity contribution in [2.75, 3.05) is 17.3 Å². The van der Waals surface area contributed by atoms with Crippen LogP contribution in [0.4, 0.5) is 29.3 Å². The number of nitrogens with zero attached hydrogens (tertiary/aromatic N) is 1. The molecule has 2 rings (SSSR count). The van der Waals surface area contributed by atoms with Crippen molar-refractivity contribution in [3.8, 4) is 5.75 Å². The van der Waals surface area contributed by atoms with Gasteiger partial charge in [-0.3, -0.25) is 0 Å². The Hall–Kier alpha value is -3.23. The molecule has 25 heavy (non-hydrogen) atoms. The summed E-state index contributed by atoms with van der Waals surface area (Å²) < 4.78 is 45.1. The van der Waals surface area contributed by atoms with E-state index in [1.54, 1.807) is 6.07 Å². The maximum atomic E-state index is 13.4. The third-order valence-electron chi connectivity index (χ3n) is 3.16. The number of urea groups is 1. The number of amides is 2. The molecule has 0 unspecified atom stereocenters. The average molecular weight is 354 g/mol. The van der Waals surface area contributed by atoms with Crippen molar-refractivity contribution < 1.29 is 32.6 Å². The van der Waals surface area contributed by atoms with Gasteiger partial charge in [-0.05, 0) is 30.3 Å². The SMILES string of the molecule is COc1ccc(N(C(=O)Nc2ccccc2)C(F)(F)F)c(C(=O)O)c1. The third kappa shape index (κ3) is 4.19. The van der Waals surface area contributed by atoms with Crippen LogP contribution in [0, 0.1) is 0 Å². The predicted molar refractivity (Wildman–Crippen MR) is 83.9 cm³/mol. The fraction of sp³-hybridized carbons (Fsp3) is 0.125. The van der Waals surface area contributed by atoms with Gasteiger partial charge in [0, 0.05) is 5.69 Å². The molecule has 2 aromatic carbocycles. The number of carboxylic acids is 1. The van der Waals surface area contributed by atoms with Crippen molar-refractivity contribution >= 4 is 23.4 Å². The largest absolute Gasteiger partial charge is 0.497 e. The Labute approximate surface area is 140 Å². The Balaban J connectivity index is 2.48. The van der Waals surface area contributed by atoms with Crippen LogP contribution in [0.5, 0.6) is 5.75 Å². The number of carbonyl (C=O) groups is 2. The molecule has 2 amide bonds. The van der Waals surface area contributed by atoms with E-state index in [0.717, 1.165) is 18.2 Å². The summed E-state index contributed by atoms with van der Waals surface area (Å²) in [4.78, 5) is 22.9. The fourth-order valence-corrected chi connectivity index (χ4v) is 2.07. The van der Waals surface area contributed by atoms with E-state index in [1.807, 2.05) is 0 Å². The molecule has 0 aliphatic heterocycles. The van der Waals surface area contributed by atoms with E-state index in [2.05, 4.69) is 5.32 Å². The van der Waals surface area contributed by atoms with Crippen molar-refractivity contribution in [1.82, 2.24) is 0 Å². The van der Waals surface area contributed by atoms with Gasteiger partial charge in [0.05, 0.1) is 18.4 Å². The molecule has 0 bridgehead atoms. The number of nitrogens with one attached hydrogen (secondary N) is 1. The van der Waals surface area contributed by atoms with Crippen molar-refractivity contribution in [3.05, 3.63) is 54.1 Å². The lowest BCUT2D eigenvalue weighted by atomic mass is 10.1. The second-order valence-corrected chi connectivity index (χ2v) is 4.79. The third-order valence-corrected chi connectivity index (χ3v) is 3.16. The van der Waals surface area contributed by atoms with E-state index in [9.17, 15) is 27.9 Å². The number of methoxy groups -OCH3 is 1. The number of aromatic carboxylic acids is 1. The minimum atomic E-state index is -5.14. The van der Waals surface area contributed by atoms with Crippen LogP contribution in [0.2, 0.25) is 0 Å². The van der Waals surface area contributed by atoms with Crippen LogP contribution in [0.1, 0.15) is 10.4 Å². The molecule has 0 spiro atoms. The highest BCUT2D eigenvalue weighted by molar-refractivity contribution is 6.06. The van der Waals surface area contributed by atoms with E-state index in [-0.39, 0.29) is 11.4 Å². The standard InChI is InChI=1S/C16H13F3N2O4/c1-25-11-7-8-13(12(9-11)14(22)23)21(16(17,18)19)15(24)20-10-5-3-2-4-6-10/h2-9H,1H3,(H,20,24)(H,22,23). The van der Waals surface area contributed by atoms with Gasteiger partial charge in [0.15, 0.2) is 0 Å². The Morgan fingerprint density at radius 1 is 1.12 bits per heavy atom. The van der Waals surface area contributed by atoms with Crippen LogP contribution in [0.25, 0.3) is 0 Å². The normalized spacial score (nSPS) is 10.9. The molecular weight excluding hydrogens is 341 g/mol. The van der Waals surface area contributed by atoms with E-state index >= 15 is 0 Å². The quantitative estimate of drug-likeness (QED) is 0.815. The molecule has 9 heteroatoms. The number of hydrogen-bond acceptors (Lipinski definition) is 3. The first-order chi connectivity index (χ1) is 11.7. The van der Waals surface area contributed by atoms with Crippen LogP contribution >= 0.6 is 0 Å². The number of carboxylic acid groups (broad SMARTS) is 1. The number of hydrogen-bond donors (Lipinski definition) is 2. The number of anilines is 2. The van der Waals surface area contributed by atoms with Crippen LogP contribution in [-0.4, -0.2) is 30.5 Å². The average Bonchev–Trinajstić information content (AvgIpc) is 2.54. The molecule has 0 aliphatic carbocycles. The summed E-state index contributed by atoms with van der Waals surface area (Å²) in [5.74, 6) is -1.58. The number of carbonyl (C=O) groups excluding carboxylic acids is 1. The van der Waals surface area contributed by atoms with E-state index < -0.39 is 34.5 Å². The topological polar surface area (TPSA) is 78.9 Å². The van der Waals surface area contributed by atoms with Crippen molar-refractivity contribution in [3.63, 3.8) is 0 Å². The molecule has 132 valence electrons. The van der Waals surface area contributed by atoms with Gasteiger partial charge in [-0.15, -0.1) is 13.2 Å². The lowest BCUT2D eigenvalue weighted by Gasteiger charge is -2.26. The van der Waals surface area contributed by atoms with Gasteiger partial charge in [0.2, 0.25) is 0 Å². The summed E-state index contributed by atoms with van der Waals surface area (Å²) in [5, 5.41) is 11.3. The zero-order valence-electron chi connectivity index (χ0n) is 12.9. The Bertz CT molecular complexity index is 779. The monoisotopic (exact) mass is 354 g/mol. The van der Waals surface area contributed by atoms with Gasteiger partial charge in [-0.1, -0.05) is 18.2 Å². The highest BCUT2D eigenvalue weighted by Crippen LogP contribution is 2.34. The first-order valence-corrected chi connectivity index (χ1v) is 6.88. The van der Waals surface area contributed by atoms with E-state index in [0.29, 0.717) is 0 Å². The molecule has 0 atom stereocenters. The molecule has 0 aliphatic rings. The van der Waals surface area contributed by atoms with Crippen LogP contribution in [-0.2, 0) is 0 Å². The lowest BCUT2D eigenvalue weighted by Crippen LogP contribution is -2.46. The minimum absolute atomic E-state index is 0.0479. The van der Waals surface area contributed by atoms with Gasteiger partial charge in [-0.25, -0.2) is 14.5 Å². The summed E-state index contributed by atoms with van der Waals surface area (Å²) in [6.45, 7) is 0. The van der Waals surface area contributed by atoms with Gasteiger partial charge >= 0.3 is 18.3 Å². The summed E-state index contributed by atoms with van der Waals surface area (Å²) in [7, 11) is 1.24. The summed E-state index contributed by atoms with van der Waals surface area (Å²) in [5.41, 5.74) is -1.42. The molecule has 0 heterocycles. The Morgan fingerprint density at radius 3 is 2.28 bits per heavy atom. The zero-order valence-corrected chi connectivity index (χ0v) is 12.9.